The van der Waals surface area contributed by atoms with E-state index in [0.29, 0.717) is 18.4 Å². The fraction of sp³-hybridized carbons (Fsp3) is 0.455. The third-order valence-electron chi connectivity index (χ3n) is 3.74. The summed E-state index contributed by atoms with van der Waals surface area (Å²) in [6.45, 7) is 15.5. The molecule has 0 radical (unpaired) electrons. The molecule has 0 bridgehead atoms. The van der Waals surface area contributed by atoms with Gasteiger partial charge in [-0.2, -0.15) is 0 Å². The van der Waals surface area contributed by atoms with E-state index in [9.17, 15) is 0 Å². The Hall–Kier alpha value is -1.68. The van der Waals surface area contributed by atoms with Crippen molar-refractivity contribution in [3.05, 3.63) is 73.9 Å². The number of nitrogens with one attached hydrogen (secondary N) is 1. The van der Waals surface area contributed by atoms with Crippen LogP contribution >= 0.6 is 0 Å². The molecule has 2 atom stereocenters. The topological polar surface area (TPSA) is 58.3 Å². The predicted octanol–water partition coefficient (Wildman–Crippen LogP) is 5.59. The van der Waals surface area contributed by atoms with E-state index < -0.39 is 0 Å². The van der Waals surface area contributed by atoms with Crippen LogP contribution in [0.5, 0.6) is 0 Å². The molecule has 1 aliphatic rings. The van der Waals surface area contributed by atoms with Crippen molar-refractivity contribution < 1.29 is 6.63 Å². The Bertz CT molecular complexity index is 426. The highest BCUT2D eigenvalue weighted by Gasteiger charge is 2.07. The molecule has 0 amide bonds. The van der Waals surface area contributed by atoms with Crippen LogP contribution in [0.15, 0.2) is 73.9 Å². The SMILES string of the molecule is C=C.C=C/C(=C\C=C\C1C=CC=CC1)C(CC)CCN.CCCNO.[HH]. The highest BCUT2D eigenvalue weighted by molar-refractivity contribution is 5.26. The van der Waals surface area contributed by atoms with Crippen LogP contribution in [0, 0.1) is 11.8 Å². The van der Waals surface area contributed by atoms with E-state index in [1.165, 1.54) is 5.57 Å². The molecule has 0 aromatic heterocycles. The van der Waals surface area contributed by atoms with E-state index >= 15 is 0 Å². The van der Waals surface area contributed by atoms with Crippen LogP contribution < -0.4 is 11.2 Å². The molecule has 3 nitrogen and oxygen atoms in total. The fourth-order valence-electron chi connectivity index (χ4n) is 2.34. The first-order valence-electron chi connectivity index (χ1n) is 9.14. The number of rotatable bonds is 9. The van der Waals surface area contributed by atoms with Crippen molar-refractivity contribution in [2.75, 3.05) is 13.1 Å². The lowest BCUT2D eigenvalue weighted by atomic mass is 9.92. The highest BCUT2D eigenvalue weighted by Crippen LogP contribution is 2.20. The lowest BCUT2D eigenvalue weighted by molar-refractivity contribution is 0.167. The normalized spacial score (nSPS) is 17.3. The number of hydroxylamine groups is 1. The Morgan fingerprint density at radius 1 is 1.40 bits per heavy atom. The van der Waals surface area contributed by atoms with Crippen LogP contribution in [0.3, 0.4) is 0 Å². The molecule has 1 rings (SSSR count). The number of allylic oxidation sites excluding steroid dienone is 9. The van der Waals surface area contributed by atoms with Crippen molar-refractivity contribution in [1.82, 2.24) is 5.48 Å². The van der Waals surface area contributed by atoms with E-state index in [-0.39, 0.29) is 1.43 Å². The van der Waals surface area contributed by atoms with Crippen molar-refractivity contribution >= 4 is 0 Å². The summed E-state index contributed by atoms with van der Waals surface area (Å²) in [5, 5.41) is 7.82. The molecule has 0 spiro atoms. The van der Waals surface area contributed by atoms with Gasteiger partial charge >= 0.3 is 0 Å². The molecule has 0 aliphatic heterocycles. The van der Waals surface area contributed by atoms with E-state index in [2.05, 4.69) is 69.2 Å². The summed E-state index contributed by atoms with van der Waals surface area (Å²) in [6, 6.07) is 0. The zero-order valence-electron chi connectivity index (χ0n) is 16.2. The number of nitrogens with two attached hydrogens (primary N) is 1. The van der Waals surface area contributed by atoms with Gasteiger partial charge in [-0.1, -0.05) is 69.0 Å². The van der Waals surface area contributed by atoms with E-state index in [1.807, 2.05) is 18.5 Å². The van der Waals surface area contributed by atoms with E-state index in [0.717, 1.165) is 32.2 Å². The number of hydrogen-bond donors (Lipinski definition) is 3. The van der Waals surface area contributed by atoms with Gasteiger partial charge in [0, 0.05) is 7.97 Å². The molecule has 0 aromatic rings. The van der Waals surface area contributed by atoms with Gasteiger partial charge < -0.3 is 10.9 Å². The minimum Gasteiger partial charge on any atom is -0.330 e. The summed E-state index contributed by atoms with van der Waals surface area (Å²) in [7, 11) is 0. The standard InChI is InChI=1S/C17H25N.C3H9NO.C2H4.H2/c1-3-16(17(4-2)13-14-18)12-8-11-15-9-6-5-7-10-15;1-2-3-4-5;1-2;/h3,5-9,11-12,15,17H,1,4,10,13-14,18H2,2H3;4-5H,2-3H2,1H3;1-2H2;1H/b11-8+,16-12+;;;. The average molecular weight is 349 g/mol. The fourth-order valence-corrected chi connectivity index (χ4v) is 2.34. The van der Waals surface area contributed by atoms with Crippen LogP contribution in [0.25, 0.3) is 0 Å². The lowest BCUT2D eigenvalue weighted by Crippen LogP contribution is -2.09. The predicted molar refractivity (Wildman–Crippen MR) is 115 cm³/mol. The molecule has 1 aliphatic carbocycles. The van der Waals surface area contributed by atoms with Crippen LogP contribution in [-0.4, -0.2) is 18.3 Å². The van der Waals surface area contributed by atoms with Crippen LogP contribution in [0.1, 0.15) is 41.0 Å². The summed E-state index contributed by atoms with van der Waals surface area (Å²) in [5.41, 5.74) is 8.96. The highest BCUT2D eigenvalue weighted by atomic mass is 16.5. The molecule has 0 aromatic carbocycles. The van der Waals surface area contributed by atoms with Crippen LogP contribution in [0.4, 0.5) is 0 Å². The van der Waals surface area contributed by atoms with Gasteiger partial charge in [0.15, 0.2) is 0 Å². The minimum absolute atomic E-state index is 0. The van der Waals surface area contributed by atoms with Gasteiger partial charge in [-0.15, -0.1) is 13.2 Å². The zero-order valence-corrected chi connectivity index (χ0v) is 16.2. The quantitative estimate of drug-likeness (QED) is 0.289. The van der Waals surface area contributed by atoms with Crippen LogP contribution in [0.2, 0.25) is 0 Å². The molecular formula is C22H40N2O. The maximum absolute atomic E-state index is 7.82. The summed E-state index contributed by atoms with van der Waals surface area (Å²) < 4.78 is 0. The Morgan fingerprint density at radius 3 is 2.52 bits per heavy atom. The molecule has 25 heavy (non-hydrogen) atoms. The molecule has 0 fully saturated rings. The van der Waals surface area contributed by atoms with Gasteiger partial charge in [-0.3, -0.25) is 0 Å². The molecule has 2 unspecified atom stereocenters. The van der Waals surface area contributed by atoms with Gasteiger partial charge in [0.2, 0.25) is 0 Å². The second-order valence-corrected chi connectivity index (χ2v) is 5.56. The molecule has 4 N–H and O–H groups in total. The summed E-state index contributed by atoms with van der Waals surface area (Å²) in [5.74, 6) is 1.07. The van der Waals surface area contributed by atoms with Gasteiger partial charge in [-0.05, 0) is 49.6 Å². The Labute approximate surface area is 156 Å². The maximum atomic E-state index is 7.82. The van der Waals surface area contributed by atoms with Gasteiger partial charge in [0.25, 0.3) is 0 Å². The Balaban J connectivity index is -0.000000571. The molecule has 0 heterocycles. The molecule has 0 saturated carbocycles. The second-order valence-electron chi connectivity index (χ2n) is 5.56. The van der Waals surface area contributed by atoms with E-state index in [1.54, 1.807) is 0 Å². The van der Waals surface area contributed by atoms with Crippen molar-refractivity contribution in [2.45, 2.75) is 39.5 Å². The second kappa shape index (κ2) is 20.4. The van der Waals surface area contributed by atoms with Crippen LogP contribution in [-0.2, 0) is 0 Å². The minimum atomic E-state index is 0. The Morgan fingerprint density at radius 2 is 2.12 bits per heavy atom. The molecule has 144 valence electrons. The van der Waals surface area contributed by atoms with E-state index in [4.69, 9.17) is 10.9 Å². The maximum Gasteiger partial charge on any atom is 0.0204 e. The number of hydrogen-bond acceptors (Lipinski definition) is 3. The van der Waals surface area contributed by atoms with Crippen molar-refractivity contribution in [3.63, 3.8) is 0 Å². The first-order chi connectivity index (χ1) is 12.2. The molecule has 0 saturated heterocycles. The van der Waals surface area contributed by atoms with Gasteiger partial charge in [0.1, 0.15) is 0 Å². The molecule has 3 heteroatoms. The van der Waals surface area contributed by atoms with Crippen molar-refractivity contribution in [2.24, 2.45) is 17.6 Å². The summed E-state index contributed by atoms with van der Waals surface area (Å²) in [6.07, 6.45) is 21.4. The Kier molecular flexibility index (Phi) is 20.8. The first-order valence-corrected chi connectivity index (χ1v) is 9.14. The third kappa shape index (κ3) is 14.4. The van der Waals surface area contributed by atoms with Gasteiger partial charge in [-0.25, -0.2) is 5.48 Å². The van der Waals surface area contributed by atoms with Crippen molar-refractivity contribution in [1.29, 1.82) is 0 Å². The first kappa shape index (κ1) is 25.6. The molecular weight excluding hydrogens is 308 g/mol. The largest absolute Gasteiger partial charge is 0.330 e. The van der Waals surface area contributed by atoms with Crippen molar-refractivity contribution in [3.8, 4) is 0 Å². The van der Waals surface area contributed by atoms with Gasteiger partial charge in [0.05, 0.1) is 0 Å². The monoisotopic (exact) mass is 348 g/mol. The summed E-state index contributed by atoms with van der Waals surface area (Å²) in [4.78, 5) is 0. The lowest BCUT2D eigenvalue weighted by Gasteiger charge is -2.14. The third-order valence-corrected chi connectivity index (χ3v) is 3.74. The average Bonchev–Trinajstić information content (AvgIpc) is 2.67. The zero-order chi connectivity index (χ0) is 19.3. The smallest absolute Gasteiger partial charge is 0.0204 e. The summed E-state index contributed by atoms with van der Waals surface area (Å²) >= 11 is 0.